The van der Waals surface area contributed by atoms with E-state index in [1.165, 1.54) is 19.4 Å². The molecule has 0 aliphatic heterocycles. The number of ether oxygens (including phenoxy) is 1. The van der Waals surface area contributed by atoms with Gasteiger partial charge in [0.2, 0.25) is 10.0 Å². The van der Waals surface area contributed by atoms with E-state index in [1.54, 1.807) is 0 Å². The van der Waals surface area contributed by atoms with Crippen molar-refractivity contribution in [3.05, 3.63) is 21.9 Å². The van der Waals surface area contributed by atoms with Crippen molar-refractivity contribution >= 4 is 43.5 Å². The number of pyridine rings is 1. The molecule has 1 rings (SSSR count). The van der Waals surface area contributed by atoms with Crippen molar-refractivity contribution in [2.24, 2.45) is 0 Å². The van der Waals surface area contributed by atoms with E-state index in [-0.39, 0.29) is 29.0 Å². The van der Waals surface area contributed by atoms with Gasteiger partial charge in [0.15, 0.2) is 0 Å². The third-order valence-corrected chi connectivity index (χ3v) is 4.46. The summed E-state index contributed by atoms with van der Waals surface area (Å²) < 4.78 is 31.2. The van der Waals surface area contributed by atoms with Gasteiger partial charge in [0.05, 0.1) is 7.11 Å². The normalized spacial score (nSPS) is 11.3. The highest BCUT2D eigenvalue weighted by Gasteiger charge is 2.18. The van der Waals surface area contributed by atoms with Gasteiger partial charge in [-0.1, -0.05) is 11.6 Å². The SMILES string of the molecule is COC(=O)CCCNS(=O)(=O)c1cc(Br)cnc1Cl. The zero-order valence-electron chi connectivity index (χ0n) is 10.0. The number of esters is 1. The van der Waals surface area contributed by atoms with Gasteiger partial charge in [0.25, 0.3) is 0 Å². The molecule has 0 atom stereocenters. The third kappa shape index (κ3) is 5.06. The lowest BCUT2D eigenvalue weighted by Crippen LogP contribution is -2.25. The molecule has 1 N–H and O–H groups in total. The largest absolute Gasteiger partial charge is 0.469 e. The molecule has 0 saturated heterocycles. The molecule has 6 nitrogen and oxygen atoms in total. The highest BCUT2D eigenvalue weighted by atomic mass is 79.9. The maximum atomic E-state index is 11.9. The van der Waals surface area contributed by atoms with E-state index in [9.17, 15) is 13.2 Å². The fraction of sp³-hybridized carbons (Fsp3) is 0.400. The number of carbonyl (C=O) groups excluding carboxylic acids is 1. The van der Waals surface area contributed by atoms with Gasteiger partial charge in [0, 0.05) is 23.6 Å². The number of aromatic nitrogens is 1. The van der Waals surface area contributed by atoms with Crippen LogP contribution in [-0.4, -0.2) is 33.0 Å². The van der Waals surface area contributed by atoms with Crippen molar-refractivity contribution in [1.82, 2.24) is 9.71 Å². The smallest absolute Gasteiger partial charge is 0.305 e. The molecule has 9 heteroatoms. The van der Waals surface area contributed by atoms with Gasteiger partial charge in [-0.25, -0.2) is 18.1 Å². The molecule has 0 fully saturated rings. The molecule has 0 unspecified atom stereocenters. The van der Waals surface area contributed by atoms with Gasteiger partial charge in [-0.15, -0.1) is 0 Å². The summed E-state index contributed by atoms with van der Waals surface area (Å²) in [7, 11) is -2.47. The van der Waals surface area contributed by atoms with E-state index in [0.29, 0.717) is 10.9 Å². The molecule has 0 radical (unpaired) electrons. The molecular weight excluding hydrogens is 360 g/mol. The van der Waals surface area contributed by atoms with Crippen molar-refractivity contribution in [2.75, 3.05) is 13.7 Å². The predicted octanol–water partition coefficient (Wildman–Crippen LogP) is 1.73. The average molecular weight is 372 g/mol. The Kier molecular flexibility index (Phi) is 6.18. The predicted molar refractivity (Wildman–Crippen MR) is 73.4 cm³/mol. The van der Waals surface area contributed by atoms with Crippen molar-refractivity contribution in [2.45, 2.75) is 17.7 Å². The Hall–Kier alpha value is -0.700. The van der Waals surface area contributed by atoms with Gasteiger partial charge in [-0.05, 0) is 28.4 Å². The van der Waals surface area contributed by atoms with Crippen LogP contribution < -0.4 is 4.72 Å². The molecule has 0 amide bonds. The maximum Gasteiger partial charge on any atom is 0.305 e. The zero-order valence-corrected chi connectivity index (χ0v) is 13.2. The zero-order chi connectivity index (χ0) is 14.5. The molecular formula is C10H12BrClN2O4S. The second-order valence-electron chi connectivity index (χ2n) is 3.52. The summed E-state index contributed by atoms with van der Waals surface area (Å²) in [6, 6.07) is 1.36. The number of hydrogen-bond donors (Lipinski definition) is 1. The molecule has 1 heterocycles. The van der Waals surface area contributed by atoms with Gasteiger partial charge in [-0.3, -0.25) is 4.79 Å². The Bertz CT molecular complexity index is 565. The lowest BCUT2D eigenvalue weighted by Gasteiger charge is -2.07. The average Bonchev–Trinajstić information content (AvgIpc) is 2.37. The quantitative estimate of drug-likeness (QED) is 0.467. The molecule has 0 saturated carbocycles. The van der Waals surface area contributed by atoms with Crippen molar-refractivity contribution in [1.29, 1.82) is 0 Å². The lowest BCUT2D eigenvalue weighted by molar-refractivity contribution is -0.140. The van der Waals surface area contributed by atoms with Crippen LogP contribution in [0.2, 0.25) is 5.15 Å². The van der Waals surface area contributed by atoms with Gasteiger partial charge < -0.3 is 4.74 Å². The number of hydrogen-bond acceptors (Lipinski definition) is 5. The fourth-order valence-electron chi connectivity index (χ4n) is 1.21. The van der Waals surface area contributed by atoms with E-state index in [1.807, 2.05) is 0 Å². The third-order valence-electron chi connectivity index (χ3n) is 2.14. The first-order valence-corrected chi connectivity index (χ1v) is 7.90. The van der Waals surface area contributed by atoms with Crippen LogP contribution in [0.1, 0.15) is 12.8 Å². The molecule has 0 bridgehead atoms. The van der Waals surface area contributed by atoms with Crippen LogP contribution in [0, 0.1) is 0 Å². The van der Waals surface area contributed by atoms with Crippen LogP contribution in [0.5, 0.6) is 0 Å². The fourth-order valence-corrected chi connectivity index (χ4v) is 3.23. The minimum absolute atomic E-state index is 0.108. The standard InChI is InChI=1S/C10H12BrClN2O4S/c1-18-9(15)3-2-4-14-19(16,17)8-5-7(11)6-13-10(8)12/h5-6,14H,2-4H2,1H3. The summed E-state index contributed by atoms with van der Waals surface area (Å²) >= 11 is 8.87. The Morgan fingerprint density at radius 2 is 2.26 bits per heavy atom. The number of halogens is 2. The topological polar surface area (TPSA) is 85.4 Å². The molecule has 1 aromatic heterocycles. The highest BCUT2D eigenvalue weighted by Crippen LogP contribution is 2.22. The van der Waals surface area contributed by atoms with Crippen LogP contribution >= 0.6 is 27.5 Å². The maximum absolute atomic E-state index is 11.9. The first kappa shape index (κ1) is 16.4. The molecule has 0 aromatic carbocycles. The van der Waals surface area contributed by atoms with Crippen molar-refractivity contribution in [3.8, 4) is 0 Å². The number of methoxy groups -OCH3 is 1. The number of sulfonamides is 1. The van der Waals surface area contributed by atoms with E-state index in [2.05, 4.69) is 30.4 Å². The molecule has 106 valence electrons. The second-order valence-corrected chi connectivity index (χ2v) is 6.53. The Morgan fingerprint density at radius 3 is 2.89 bits per heavy atom. The van der Waals surface area contributed by atoms with Crippen LogP contribution in [0.15, 0.2) is 21.6 Å². The number of carbonyl (C=O) groups is 1. The van der Waals surface area contributed by atoms with Crippen LogP contribution in [-0.2, 0) is 19.6 Å². The van der Waals surface area contributed by atoms with E-state index < -0.39 is 10.0 Å². The summed E-state index contributed by atoms with van der Waals surface area (Å²) in [5.74, 6) is -0.388. The van der Waals surface area contributed by atoms with E-state index >= 15 is 0 Å². The molecule has 1 aromatic rings. The van der Waals surface area contributed by atoms with E-state index in [0.717, 1.165) is 0 Å². The highest BCUT2D eigenvalue weighted by molar-refractivity contribution is 9.10. The van der Waals surface area contributed by atoms with Crippen molar-refractivity contribution in [3.63, 3.8) is 0 Å². The van der Waals surface area contributed by atoms with Gasteiger partial charge in [-0.2, -0.15) is 0 Å². The number of nitrogens with zero attached hydrogens (tertiary/aromatic N) is 1. The number of nitrogens with one attached hydrogen (secondary N) is 1. The van der Waals surface area contributed by atoms with Crippen LogP contribution in [0.4, 0.5) is 0 Å². The molecule has 0 spiro atoms. The Balaban J connectivity index is 2.66. The van der Waals surface area contributed by atoms with Gasteiger partial charge in [0.1, 0.15) is 10.0 Å². The van der Waals surface area contributed by atoms with E-state index in [4.69, 9.17) is 11.6 Å². The first-order valence-electron chi connectivity index (χ1n) is 5.24. The van der Waals surface area contributed by atoms with Crippen molar-refractivity contribution < 1.29 is 17.9 Å². The van der Waals surface area contributed by atoms with Crippen LogP contribution in [0.25, 0.3) is 0 Å². The minimum atomic E-state index is -3.74. The van der Waals surface area contributed by atoms with Gasteiger partial charge >= 0.3 is 5.97 Å². The summed E-state index contributed by atoms with van der Waals surface area (Å²) in [4.78, 5) is 14.5. The Morgan fingerprint density at radius 1 is 1.58 bits per heavy atom. The summed E-state index contributed by atoms with van der Waals surface area (Å²) in [5.41, 5.74) is 0. The summed E-state index contributed by atoms with van der Waals surface area (Å²) in [6.45, 7) is 0.111. The summed E-state index contributed by atoms with van der Waals surface area (Å²) in [5, 5.41) is -0.108. The molecule has 0 aliphatic carbocycles. The Labute approximate surface area is 124 Å². The molecule has 0 aliphatic rings. The molecule has 19 heavy (non-hydrogen) atoms. The first-order chi connectivity index (χ1) is 8.86. The lowest BCUT2D eigenvalue weighted by atomic mass is 10.3. The second kappa shape index (κ2) is 7.18. The monoisotopic (exact) mass is 370 g/mol. The number of rotatable bonds is 6. The minimum Gasteiger partial charge on any atom is -0.469 e. The summed E-state index contributed by atoms with van der Waals surface area (Å²) in [6.07, 6.45) is 1.88. The van der Waals surface area contributed by atoms with Crippen LogP contribution in [0.3, 0.4) is 0 Å².